The largest absolute Gasteiger partial charge is 0.368 e. The highest BCUT2D eigenvalue weighted by atomic mass is 15.4. The number of nitrogens with two attached hydrogens (primary N) is 1. The van der Waals surface area contributed by atoms with Gasteiger partial charge in [0, 0.05) is 25.5 Å². The van der Waals surface area contributed by atoms with Crippen molar-refractivity contribution in [1.82, 2.24) is 24.7 Å². The van der Waals surface area contributed by atoms with E-state index in [9.17, 15) is 0 Å². The van der Waals surface area contributed by atoms with Crippen LogP contribution in [0.2, 0.25) is 0 Å². The first kappa shape index (κ1) is 12.8. The van der Waals surface area contributed by atoms with Crippen molar-refractivity contribution < 1.29 is 0 Å². The van der Waals surface area contributed by atoms with Crippen LogP contribution in [0.25, 0.3) is 5.95 Å². The molecule has 0 amide bonds. The van der Waals surface area contributed by atoms with Gasteiger partial charge in [0.25, 0.3) is 5.95 Å². The predicted octanol–water partition coefficient (Wildman–Crippen LogP) is 1.27. The summed E-state index contributed by atoms with van der Waals surface area (Å²) < 4.78 is 1.59. The third-order valence-electron chi connectivity index (χ3n) is 3.74. The van der Waals surface area contributed by atoms with E-state index in [-0.39, 0.29) is 5.95 Å². The topological polar surface area (TPSA) is 85.8 Å². The molecule has 2 aromatic rings. The van der Waals surface area contributed by atoms with Crippen molar-refractivity contribution >= 4 is 11.9 Å². The Morgan fingerprint density at radius 2 is 1.80 bits per heavy atom. The van der Waals surface area contributed by atoms with Crippen molar-refractivity contribution in [3.8, 4) is 5.95 Å². The van der Waals surface area contributed by atoms with Crippen LogP contribution in [-0.4, -0.2) is 37.8 Å². The third-order valence-corrected chi connectivity index (χ3v) is 3.74. The molecule has 1 fully saturated rings. The fraction of sp³-hybridized carbons (Fsp3) is 0.538. The molecule has 0 aromatic carbocycles. The molecule has 2 aromatic heterocycles. The number of hydrogen-bond acceptors (Lipinski definition) is 6. The molecule has 1 aliphatic rings. The van der Waals surface area contributed by atoms with E-state index in [0.29, 0.717) is 17.3 Å². The molecule has 7 heteroatoms. The van der Waals surface area contributed by atoms with Gasteiger partial charge in [-0.2, -0.15) is 20.1 Å². The summed E-state index contributed by atoms with van der Waals surface area (Å²) in [6.45, 7) is 6.46. The molecule has 0 unspecified atom stereocenters. The molecule has 0 bridgehead atoms. The maximum Gasteiger partial charge on any atom is 0.257 e. The zero-order chi connectivity index (χ0) is 14.2. The van der Waals surface area contributed by atoms with Crippen molar-refractivity contribution in [3.05, 3.63) is 18.5 Å². The Morgan fingerprint density at radius 1 is 1.10 bits per heavy atom. The van der Waals surface area contributed by atoms with Crippen LogP contribution in [0.3, 0.4) is 0 Å². The second-order valence-electron chi connectivity index (χ2n) is 5.90. The fourth-order valence-electron chi connectivity index (χ4n) is 2.31. The number of nitrogen functional groups attached to an aromatic ring is 1. The second kappa shape index (κ2) is 4.73. The highest BCUT2D eigenvalue weighted by Crippen LogP contribution is 2.31. The van der Waals surface area contributed by atoms with Crippen molar-refractivity contribution in [2.75, 3.05) is 23.7 Å². The van der Waals surface area contributed by atoms with E-state index in [0.717, 1.165) is 25.9 Å². The van der Waals surface area contributed by atoms with Crippen LogP contribution >= 0.6 is 0 Å². The van der Waals surface area contributed by atoms with E-state index in [4.69, 9.17) is 5.73 Å². The van der Waals surface area contributed by atoms with Crippen molar-refractivity contribution in [2.45, 2.75) is 26.7 Å². The maximum absolute atomic E-state index is 5.80. The molecule has 3 rings (SSSR count). The second-order valence-corrected chi connectivity index (χ2v) is 5.90. The molecule has 0 spiro atoms. The average molecular weight is 273 g/mol. The summed E-state index contributed by atoms with van der Waals surface area (Å²) >= 11 is 0. The monoisotopic (exact) mass is 273 g/mol. The lowest BCUT2D eigenvalue weighted by Gasteiger charge is -2.36. The lowest BCUT2D eigenvalue weighted by molar-refractivity contribution is 0.278. The first-order valence-corrected chi connectivity index (χ1v) is 6.80. The number of rotatable bonds is 2. The van der Waals surface area contributed by atoms with Crippen LogP contribution in [0, 0.1) is 5.41 Å². The van der Waals surface area contributed by atoms with Crippen LogP contribution < -0.4 is 10.6 Å². The van der Waals surface area contributed by atoms with Gasteiger partial charge in [0.2, 0.25) is 11.9 Å². The van der Waals surface area contributed by atoms with Crippen LogP contribution in [0.5, 0.6) is 0 Å². The first-order valence-electron chi connectivity index (χ1n) is 6.80. The average Bonchev–Trinajstić information content (AvgIpc) is 2.91. The van der Waals surface area contributed by atoms with Crippen LogP contribution in [0.15, 0.2) is 18.5 Å². The van der Waals surface area contributed by atoms with Crippen LogP contribution in [-0.2, 0) is 0 Å². The summed E-state index contributed by atoms with van der Waals surface area (Å²) in [7, 11) is 0. The van der Waals surface area contributed by atoms with Gasteiger partial charge in [-0.05, 0) is 24.3 Å². The minimum Gasteiger partial charge on any atom is -0.368 e. The standard InChI is InChI=1S/C13H19N7/c1-13(2)4-8-19(9-5-13)11-16-10(14)17-12(18-11)20-7-3-6-15-20/h3,6-7H,4-5,8-9H2,1-2H3,(H2,14,16,17,18). The van der Waals surface area contributed by atoms with E-state index >= 15 is 0 Å². The molecule has 3 heterocycles. The van der Waals surface area contributed by atoms with Gasteiger partial charge < -0.3 is 10.6 Å². The highest BCUT2D eigenvalue weighted by molar-refractivity contribution is 5.38. The van der Waals surface area contributed by atoms with Gasteiger partial charge in [-0.25, -0.2) is 4.68 Å². The van der Waals surface area contributed by atoms with Gasteiger partial charge in [-0.15, -0.1) is 0 Å². The Bertz CT molecular complexity index is 581. The summed E-state index contributed by atoms with van der Waals surface area (Å²) in [6.07, 6.45) is 5.71. The molecule has 106 valence electrons. The van der Waals surface area contributed by atoms with E-state index in [1.807, 2.05) is 6.07 Å². The molecule has 0 aliphatic carbocycles. The van der Waals surface area contributed by atoms with Gasteiger partial charge in [-0.1, -0.05) is 13.8 Å². The SMILES string of the molecule is CC1(C)CCN(c2nc(N)nc(-n3cccn3)n2)CC1. The minimum absolute atomic E-state index is 0.227. The molecule has 1 aliphatic heterocycles. The normalized spacial score (nSPS) is 18.2. The summed E-state index contributed by atoms with van der Waals surface area (Å²) in [6, 6.07) is 1.82. The van der Waals surface area contributed by atoms with E-state index in [2.05, 4.69) is 38.8 Å². The van der Waals surface area contributed by atoms with E-state index in [1.165, 1.54) is 0 Å². The van der Waals surface area contributed by atoms with Gasteiger partial charge in [-0.3, -0.25) is 0 Å². The summed E-state index contributed by atoms with van der Waals surface area (Å²) in [5.74, 6) is 1.33. The van der Waals surface area contributed by atoms with Gasteiger partial charge >= 0.3 is 0 Å². The third kappa shape index (κ3) is 2.56. The quantitative estimate of drug-likeness (QED) is 0.886. The van der Waals surface area contributed by atoms with E-state index < -0.39 is 0 Å². The Morgan fingerprint density at radius 3 is 2.45 bits per heavy atom. The number of anilines is 2. The molecule has 20 heavy (non-hydrogen) atoms. The Labute approximate surface area is 117 Å². The Kier molecular flexibility index (Phi) is 3.04. The number of nitrogens with zero attached hydrogens (tertiary/aromatic N) is 6. The van der Waals surface area contributed by atoms with E-state index in [1.54, 1.807) is 17.1 Å². The Hall–Kier alpha value is -2.18. The maximum atomic E-state index is 5.80. The summed E-state index contributed by atoms with van der Waals surface area (Å²) in [4.78, 5) is 15.0. The molecule has 2 N–H and O–H groups in total. The molecule has 0 saturated carbocycles. The van der Waals surface area contributed by atoms with Crippen molar-refractivity contribution in [3.63, 3.8) is 0 Å². The molecular formula is C13H19N7. The predicted molar refractivity (Wildman–Crippen MR) is 76.6 cm³/mol. The zero-order valence-electron chi connectivity index (χ0n) is 11.8. The van der Waals surface area contributed by atoms with Crippen molar-refractivity contribution in [2.24, 2.45) is 5.41 Å². The van der Waals surface area contributed by atoms with Crippen LogP contribution in [0.4, 0.5) is 11.9 Å². The van der Waals surface area contributed by atoms with Gasteiger partial charge in [0.05, 0.1) is 0 Å². The van der Waals surface area contributed by atoms with Gasteiger partial charge in [0.15, 0.2) is 0 Å². The number of aromatic nitrogens is 5. The fourth-order valence-corrected chi connectivity index (χ4v) is 2.31. The molecular weight excluding hydrogens is 254 g/mol. The van der Waals surface area contributed by atoms with Gasteiger partial charge in [0.1, 0.15) is 0 Å². The zero-order valence-corrected chi connectivity index (χ0v) is 11.8. The first-order chi connectivity index (χ1) is 9.53. The molecule has 0 atom stereocenters. The van der Waals surface area contributed by atoms with Crippen LogP contribution in [0.1, 0.15) is 26.7 Å². The lowest BCUT2D eigenvalue weighted by atomic mass is 9.83. The number of piperidine rings is 1. The lowest BCUT2D eigenvalue weighted by Crippen LogP contribution is -2.38. The Balaban J connectivity index is 1.87. The van der Waals surface area contributed by atoms with Crippen molar-refractivity contribution in [1.29, 1.82) is 0 Å². The molecule has 0 radical (unpaired) electrons. The molecule has 1 saturated heterocycles. The highest BCUT2D eigenvalue weighted by Gasteiger charge is 2.27. The number of hydrogen-bond donors (Lipinski definition) is 1. The smallest absolute Gasteiger partial charge is 0.257 e. The minimum atomic E-state index is 0.227. The molecule has 7 nitrogen and oxygen atoms in total. The summed E-state index contributed by atoms with van der Waals surface area (Å²) in [5.41, 5.74) is 6.18. The summed E-state index contributed by atoms with van der Waals surface area (Å²) in [5, 5.41) is 4.13.